The van der Waals surface area contributed by atoms with Crippen molar-refractivity contribution in [3.8, 4) is 0 Å². The van der Waals surface area contributed by atoms with Crippen LogP contribution >= 0.6 is 11.8 Å². The van der Waals surface area contributed by atoms with Crippen LogP contribution < -0.4 is 10.2 Å². The third-order valence-electron chi connectivity index (χ3n) is 3.98. The molecule has 0 aliphatic carbocycles. The van der Waals surface area contributed by atoms with Crippen molar-refractivity contribution in [3.63, 3.8) is 0 Å². The Labute approximate surface area is 130 Å². The first-order chi connectivity index (χ1) is 10.3. The molecule has 1 N–H and O–H groups in total. The molecule has 0 atom stereocenters. The van der Waals surface area contributed by atoms with E-state index in [1.54, 1.807) is 6.20 Å². The lowest BCUT2D eigenvalue weighted by molar-refractivity contribution is 0.217. The van der Waals surface area contributed by atoms with Crippen LogP contribution in [0.1, 0.15) is 19.3 Å². The van der Waals surface area contributed by atoms with Gasteiger partial charge in [-0.3, -0.25) is 0 Å². The molecule has 2 amide bonds. The fourth-order valence-electron chi connectivity index (χ4n) is 2.74. The molecule has 2 fully saturated rings. The fraction of sp³-hybridized carbons (Fsp3) is 0.600. The molecule has 2 aliphatic heterocycles. The first-order valence-electron chi connectivity index (χ1n) is 7.67. The molecular weight excluding hydrogens is 284 g/mol. The summed E-state index contributed by atoms with van der Waals surface area (Å²) < 4.78 is 0. The summed E-state index contributed by atoms with van der Waals surface area (Å²) in [4.78, 5) is 20.8. The monoisotopic (exact) mass is 306 g/mol. The molecule has 1 aromatic rings. The van der Waals surface area contributed by atoms with Crippen LogP contribution in [0.2, 0.25) is 0 Å². The van der Waals surface area contributed by atoms with Crippen LogP contribution in [0.5, 0.6) is 0 Å². The number of hydrogen-bond donors (Lipinski definition) is 1. The van der Waals surface area contributed by atoms with Crippen molar-refractivity contribution in [3.05, 3.63) is 18.3 Å². The molecule has 114 valence electrons. The number of carbonyl (C=O) groups excluding carboxylic acids is 1. The lowest BCUT2D eigenvalue weighted by Crippen LogP contribution is -2.40. The minimum Gasteiger partial charge on any atom is -0.357 e. The van der Waals surface area contributed by atoms with Gasteiger partial charge in [0.25, 0.3) is 0 Å². The number of urea groups is 1. The number of nitrogens with one attached hydrogen (secondary N) is 1. The molecule has 21 heavy (non-hydrogen) atoms. The van der Waals surface area contributed by atoms with E-state index in [-0.39, 0.29) is 6.03 Å². The lowest BCUT2D eigenvalue weighted by Gasteiger charge is -2.28. The zero-order valence-corrected chi connectivity index (χ0v) is 13.1. The van der Waals surface area contributed by atoms with Crippen molar-refractivity contribution >= 4 is 29.3 Å². The molecule has 2 saturated heterocycles. The van der Waals surface area contributed by atoms with Gasteiger partial charge < -0.3 is 15.1 Å². The fourth-order valence-corrected chi connectivity index (χ4v) is 3.64. The molecule has 0 unspecified atom stereocenters. The van der Waals surface area contributed by atoms with Crippen LogP contribution in [0.3, 0.4) is 0 Å². The smallest absolute Gasteiger partial charge is 0.321 e. The Kier molecular flexibility index (Phi) is 4.85. The van der Waals surface area contributed by atoms with Crippen LogP contribution in [0.25, 0.3) is 0 Å². The number of piperidine rings is 1. The third kappa shape index (κ3) is 3.81. The summed E-state index contributed by atoms with van der Waals surface area (Å²) in [5.41, 5.74) is 0.777. The summed E-state index contributed by atoms with van der Waals surface area (Å²) in [7, 11) is 0. The van der Waals surface area contributed by atoms with E-state index in [9.17, 15) is 4.79 Å². The summed E-state index contributed by atoms with van der Waals surface area (Å²) in [5.74, 6) is 3.07. The second-order valence-corrected chi connectivity index (χ2v) is 6.71. The van der Waals surface area contributed by atoms with Gasteiger partial charge >= 0.3 is 6.03 Å². The van der Waals surface area contributed by atoms with E-state index < -0.39 is 0 Å². The zero-order chi connectivity index (χ0) is 14.5. The summed E-state index contributed by atoms with van der Waals surface area (Å²) in [6, 6.07) is 3.95. The minimum atomic E-state index is -0.0113. The first-order valence-corrected chi connectivity index (χ1v) is 8.83. The highest BCUT2D eigenvalue weighted by molar-refractivity contribution is 7.99. The topological polar surface area (TPSA) is 48.5 Å². The Morgan fingerprint density at radius 2 is 1.86 bits per heavy atom. The molecule has 0 bridgehead atoms. The maximum absolute atomic E-state index is 12.1. The van der Waals surface area contributed by atoms with Gasteiger partial charge in [0.05, 0.1) is 11.9 Å². The van der Waals surface area contributed by atoms with Crippen molar-refractivity contribution in [2.24, 2.45) is 0 Å². The number of aromatic nitrogens is 1. The first kappa shape index (κ1) is 14.5. The van der Waals surface area contributed by atoms with E-state index in [1.807, 2.05) is 28.8 Å². The Morgan fingerprint density at radius 1 is 1.10 bits per heavy atom. The van der Waals surface area contributed by atoms with Crippen LogP contribution in [0.4, 0.5) is 16.3 Å². The number of rotatable bonds is 2. The second kappa shape index (κ2) is 7.02. The van der Waals surface area contributed by atoms with Gasteiger partial charge in [0.2, 0.25) is 0 Å². The largest absolute Gasteiger partial charge is 0.357 e. The van der Waals surface area contributed by atoms with E-state index in [2.05, 4.69) is 15.2 Å². The average molecular weight is 306 g/mol. The quantitative estimate of drug-likeness (QED) is 0.912. The van der Waals surface area contributed by atoms with Gasteiger partial charge in [-0.05, 0) is 31.4 Å². The molecule has 0 radical (unpaired) electrons. The predicted molar refractivity (Wildman–Crippen MR) is 88.2 cm³/mol. The molecule has 2 aliphatic rings. The minimum absolute atomic E-state index is 0.0113. The SMILES string of the molecule is O=C(Nc1ccc(N2CCCCC2)nc1)N1CCSCC1. The highest BCUT2D eigenvalue weighted by Crippen LogP contribution is 2.19. The highest BCUT2D eigenvalue weighted by atomic mass is 32.2. The summed E-state index contributed by atoms with van der Waals surface area (Å²) in [5, 5.41) is 2.94. The van der Waals surface area contributed by atoms with Gasteiger partial charge in [-0.25, -0.2) is 9.78 Å². The molecule has 3 heterocycles. The normalized spacial score (nSPS) is 19.4. The van der Waals surface area contributed by atoms with E-state index >= 15 is 0 Å². The van der Waals surface area contributed by atoms with Crippen LogP contribution in [0.15, 0.2) is 18.3 Å². The Morgan fingerprint density at radius 3 is 2.52 bits per heavy atom. The summed E-state index contributed by atoms with van der Waals surface area (Å²) >= 11 is 1.90. The number of hydrogen-bond acceptors (Lipinski definition) is 4. The van der Waals surface area contributed by atoms with Gasteiger partial charge in [-0.2, -0.15) is 11.8 Å². The van der Waals surface area contributed by atoms with Gasteiger partial charge in [0.15, 0.2) is 0 Å². The molecule has 1 aromatic heterocycles. The van der Waals surface area contributed by atoms with E-state index in [0.29, 0.717) is 0 Å². The number of thioether (sulfide) groups is 1. The van der Waals surface area contributed by atoms with Crippen molar-refractivity contribution in [2.45, 2.75) is 19.3 Å². The zero-order valence-electron chi connectivity index (χ0n) is 12.3. The van der Waals surface area contributed by atoms with Crippen molar-refractivity contribution in [2.75, 3.05) is 47.9 Å². The van der Waals surface area contributed by atoms with Gasteiger partial charge in [-0.1, -0.05) is 0 Å². The highest BCUT2D eigenvalue weighted by Gasteiger charge is 2.17. The Bertz CT molecular complexity index is 467. The standard InChI is InChI=1S/C15H22N4OS/c20-15(19-8-10-21-11-9-19)17-13-4-5-14(16-12-13)18-6-2-1-3-7-18/h4-5,12H,1-3,6-11H2,(H,17,20). The number of amides is 2. The summed E-state index contributed by atoms with van der Waals surface area (Å²) in [6.45, 7) is 3.83. The number of nitrogens with zero attached hydrogens (tertiary/aromatic N) is 3. The molecule has 0 spiro atoms. The van der Waals surface area contributed by atoms with Crippen LogP contribution in [-0.2, 0) is 0 Å². The second-order valence-electron chi connectivity index (χ2n) is 5.48. The average Bonchev–Trinajstić information content (AvgIpc) is 2.57. The number of pyridine rings is 1. The molecule has 5 nitrogen and oxygen atoms in total. The molecule has 6 heteroatoms. The van der Waals surface area contributed by atoms with Gasteiger partial charge in [0, 0.05) is 37.7 Å². The molecule has 3 rings (SSSR count). The van der Waals surface area contributed by atoms with Crippen LogP contribution in [-0.4, -0.2) is 53.6 Å². The van der Waals surface area contributed by atoms with E-state index in [1.165, 1.54) is 19.3 Å². The van der Waals surface area contributed by atoms with E-state index in [4.69, 9.17) is 0 Å². The van der Waals surface area contributed by atoms with Crippen molar-refractivity contribution in [1.82, 2.24) is 9.88 Å². The number of carbonyl (C=O) groups is 1. The maximum Gasteiger partial charge on any atom is 0.321 e. The van der Waals surface area contributed by atoms with Crippen LogP contribution in [0, 0.1) is 0 Å². The summed E-state index contributed by atoms with van der Waals surface area (Å²) in [6.07, 6.45) is 5.57. The Hall–Kier alpha value is -1.43. The number of anilines is 2. The molecular formula is C15H22N4OS. The Balaban J connectivity index is 1.57. The van der Waals surface area contributed by atoms with Gasteiger partial charge in [-0.15, -0.1) is 0 Å². The predicted octanol–water partition coefficient (Wildman–Crippen LogP) is 2.65. The van der Waals surface area contributed by atoms with Crippen molar-refractivity contribution in [1.29, 1.82) is 0 Å². The van der Waals surface area contributed by atoms with Gasteiger partial charge in [0.1, 0.15) is 5.82 Å². The lowest BCUT2D eigenvalue weighted by atomic mass is 10.1. The molecule has 0 saturated carbocycles. The maximum atomic E-state index is 12.1. The molecule has 0 aromatic carbocycles. The van der Waals surface area contributed by atoms with E-state index in [0.717, 1.165) is 49.2 Å². The third-order valence-corrected chi connectivity index (χ3v) is 4.92. The van der Waals surface area contributed by atoms with Crippen molar-refractivity contribution < 1.29 is 4.79 Å².